The summed E-state index contributed by atoms with van der Waals surface area (Å²) in [6.45, 7) is 1.81. The lowest BCUT2D eigenvalue weighted by Crippen LogP contribution is -2.28. The highest BCUT2D eigenvalue weighted by Gasteiger charge is 2.19. The second-order valence-electron chi connectivity index (χ2n) is 5.23. The van der Waals surface area contributed by atoms with Crippen molar-refractivity contribution in [2.75, 3.05) is 0 Å². The fourth-order valence-electron chi connectivity index (χ4n) is 2.32. The van der Waals surface area contributed by atoms with Crippen molar-refractivity contribution in [2.45, 2.75) is 13.0 Å². The zero-order chi connectivity index (χ0) is 17.8. The van der Waals surface area contributed by atoms with Gasteiger partial charge in [-0.25, -0.2) is 0 Å². The molecular weight excluding hydrogens is 361 g/mol. The molecule has 3 aromatic rings. The van der Waals surface area contributed by atoms with Crippen LogP contribution in [-0.4, -0.2) is 25.8 Å². The molecule has 2 heterocycles. The Balaban J connectivity index is 1.87. The first-order valence-electron chi connectivity index (χ1n) is 7.39. The molecule has 2 aromatic heterocycles. The van der Waals surface area contributed by atoms with Crippen LogP contribution in [0.2, 0.25) is 10.0 Å². The van der Waals surface area contributed by atoms with Crippen molar-refractivity contribution < 1.29 is 4.79 Å². The molecule has 1 N–H and O–H groups in total. The van der Waals surface area contributed by atoms with E-state index in [4.69, 9.17) is 23.2 Å². The van der Waals surface area contributed by atoms with Gasteiger partial charge in [-0.15, -0.1) is 0 Å². The number of hydrogen-bond acceptors (Lipinski definition) is 5. The second kappa shape index (κ2) is 7.55. The maximum absolute atomic E-state index is 12.5. The Morgan fingerprint density at radius 2 is 1.68 bits per heavy atom. The van der Waals surface area contributed by atoms with E-state index in [0.717, 1.165) is 0 Å². The van der Waals surface area contributed by atoms with Gasteiger partial charge in [0.1, 0.15) is 11.4 Å². The van der Waals surface area contributed by atoms with Gasteiger partial charge in [-0.2, -0.15) is 0 Å². The summed E-state index contributed by atoms with van der Waals surface area (Å²) < 4.78 is 0. The standard InChI is InChI=1S/C17H13Cl2N5O/c1-10(24-17(25)11-6-12(18)8-13(19)7-11)15-16(23-5-4-22-15)14-9-20-2-3-21-14/h2-10H,1H3,(H,24,25). The Kier molecular flexibility index (Phi) is 5.21. The van der Waals surface area contributed by atoms with E-state index in [1.807, 2.05) is 6.92 Å². The summed E-state index contributed by atoms with van der Waals surface area (Å²) >= 11 is 11.9. The van der Waals surface area contributed by atoms with E-state index in [2.05, 4.69) is 25.3 Å². The zero-order valence-corrected chi connectivity index (χ0v) is 14.7. The van der Waals surface area contributed by atoms with E-state index in [0.29, 0.717) is 32.7 Å². The third-order valence-electron chi connectivity index (χ3n) is 3.41. The van der Waals surface area contributed by atoms with Gasteiger partial charge in [0, 0.05) is 40.4 Å². The Labute approximate surface area is 154 Å². The Bertz CT molecular complexity index is 884. The SMILES string of the molecule is CC(NC(=O)c1cc(Cl)cc(Cl)c1)c1nccnc1-c1cnccn1. The molecule has 1 unspecified atom stereocenters. The molecule has 8 heteroatoms. The molecule has 126 valence electrons. The first kappa shape index (κ1) is 17.3. The van der Waals surface area contributed by atoms with Gasteiger partial charge >= 0.3 is 0 Å². The van der Waals surface area contributed by atoms with Gasteiger partial charge in [0.25, 0.3) is 5.91 Å². The topological polar surface area (TPSA) is 80.7 Å². The Morgan fingerprint density at radius 3 is 2.36 bits per heavy atom. The van der Waals surface area contributed by atoms with Crippen molar-refractivity contribution in [1.29, 1.82) is 0 Å². The number of carbonyl (C=O) groups is 1. The number of halogens is 2. The van der Waals surface area contributed by atoms with Crippen LogP contribution >= 0.6 is 23.2 Å². The number of nitrogens with one attached hydrogen (secondary N) is 1. The van der Waals surface area contributed by atoms with Crippen molar-refractivity contribution in [2.24, 2.45) is 0 Å². The quantitative estimate of drug-likeness (QED) is 0.753. The molecule has 0 spiro atoms. The summed E-state index contributed by atoms with van der Waals surface area (Å²) in [5, 5.41) is 3.66. The van der Waals surface area contributed by atoms with Gasteiger partial charge < -0.3 is 5.32 Å². The monoisotopic (exact) mass is 373 g/mol. The predicted octanol–water partition coefficient (Wildman–Crippen LogP) is 3.73. The first-order chi connectivity index (χ1) is 12.0. The van der Waals surface area contributed by atoms with Crippen molar-refractivity contribution in [3.63, 3.8) is 0 Å². The van der Waals surface area contributed by atoms with Crippen LogP contribution in [-0.2, 0) is 0 Å². The highest BCUT2D eigenvalue weighted by molar-refractivity contribution is 6.35. The lowest BCUT2D eigenvalue weighted by atomic mass is 10.1. The van der Waals surface area contributed by atoms with Gasteiger partial charge in [-0.1, -0.05) is 23.2 Å². The molecule has 6 nitrogen and oxygen atoms in total. The Hall–Kier alpha value is -2.57. The second-order valence-corrected chi connectivity index (χ2v) is 6.11. The fraction of sp³-hybridized carbons (Fsp3) is 0.118. The molecule has 1 aromatic carbocycles. The Morgan fingerprint density at radius 1 is 1.00 bits per heavy atom. The largest absolute Gasteiger partial charge is 0.344 e. The first-order valence-corrected chi connectivity index (χ1v) is 8.14. The molecule has 1 atom stereocenters. The minimum Gasteiger partial charge on any atom is -0.344 e. The third kappa shape index (κ3) is 4.10. The van der Waals surface area contributed by atoms with Gasteiger partial charge in [0.2, 0.25) is 0 Å². The summed E-state index contributed by atoms with van der Waals surface area (Å²) in [4.78, 5) is 29.4. The van der Waals surface area contributed by atoms with Crippen LogP contribution in [0, 0.1) is 0 Å². The van der Waals surface area contributed by atoms with Crippen LogP contribution in [0.3, 0.4) is 0 Å². The smallest absolute Gasteiger partial charge is 0.251 e. The summed E-state index contributed by atoms with van der Waals surface area (Å²) in [5.74, 6) is -0.312. The predicted molar refractivity (Wildman–Crippen MR) is 95.4 cm³/mol. The number of benzene rings is 1. The lowest BCUT2D eigenvalue weighted by Gasteiger charge is -2.16. The molecule has 3 rings (SSSR count). The number of aromatic nitrogens is 4. The summed E-state index contributed by atoms with van der Waals surface area (Å²) in [5.41, 5.74) is 2.10. The van der Waals surface area contributed by atoms with Crippen molar-refractivity contribution in [1.82, 2.24) is 25.3 Å². The number of rotatable bonds is 4. The number of carbonyl (C=O) groups excluding carboxylic acids is 1. The molecule has 0 fully saturated rings. The minimum absolute atomic E-state index is 0.312. The van der Waals surface area contributed by atoms with E-state index in [9.17, 15) is 4.79 Å². The van der Waals surface area contributed by atoms with E-state index in [1.54, 1.807) is 49.2 Å². The summed E-state index contributed by atoms with van der Waals surface area (Å²) in [6.07, 6.45) is 7.88. The van der Waals surface area contributed by atoms with E-state index in [-0.39, 0.29) is 5.91 Å². The highest BCUT2D eigenvalue weighted by Crippen LogP contribution is 2.23. The van der Waals surface area contributed by atoms with Gasteiger partial charge in [-0.3, -0.25) is 24.7 Å². The normalized spacial score (nSPS) is 11.8. The number of hydrogen-bond donors (Lipinski definition) is 1. The lowest BCUT2D eigenvalue weighted by molar-refractivity contribution is 0.0939. The molecule has 0 bridgehead atoms. The van der Waals surface area contributed by atoms with Gasteiger partial charge in [0.05, 0.1) is 17.9 Å². The molecule has 0 aliphatic rings. The van der Waals surface area contributed by atoms with E-state index in [1.165, 1.54) is 0 Å². The van der Waals surface area contributed by atoms with Crippen LogP contribution in [0.1, 0.15) is 29.0 Å². The molecule has 0 radical (unpaired) electrons. The average molecular weight is 374 g/mol. The molecule has 0 aliphatic heterocycles. The maximum atomic E-state index is 12.5. The maximum Gasteiger partial charge on any atom is 0.251 e. The molecule has 1 amide bonds. The molecule has 0 saturated carbocycles. The average Bonchev–Trinajstić information content (AvgIpc) is 2.61. The van der Waals surface area contributed by atoms with Crippen LogP contribution in [0.15, 0.2) is 49.2 Å². The molecule has 0 saturated heterocycles. The number of nitrogens with zero attached hydrogens (tertiary/aromatic N) is 4. The van der Waals surface area contributed by atoms with Crippen LogP contribution in [0.4, 0.5) is 0 Å². The minimum atomic E-state index is -0.407. The van der Waals surface area contributed by atoms with Crippen LogP contribution in [0.5, 0.6) is 0 Å². The third-order valence-corrected chi connectivity index (χ3v) is 3.85. The van der Waals surface area contributed by atoms with Gasteiger partial charge in [-0.05, 0) is 25.1 Å². The van der Waals surface area contributed by atoms with Crippen LogP contribution in [0.25, 0.3) is 11.4 Å². The summed E-state index contributed by atoms with van der Waals surface area (Å²) in [6, 6.07) is 4.26. The zero-order valence-electron chi connectivity index (χ0n) is 13.1. The molecule has 0 aliphatic carbocycles. The van der Waals surface area contributed by atoms with Crippen molar-refractivity contribution >= 4 is 29.1 Å². The van der Waals surface area contributed by atoms with Crippen molar-refractivity contribution in [3.05, 3.63) is 70.5 Å². The van der Waals surface area contributed by atoms with Crippen molar-refractivity contribution in [3.8, 4) is 11.4 Å². The van der Waals surface area contributed by atoms with E-state index >= 15 is 0 Å². The van der Waals surface area contributed by atoms with E-state index < -0.39 is 6.04 Å². The van der Waals surface area contributed by atoms with Gasteiger partial charge in [0.15, 0.2) is 0 Å². The van der Waals surface area contributed by atoms with Crippen LogP contribution < -0.4 is 5.32 Å². The molecule has 25 heavy (non-hydrogen) atoms. The number of amides is 1. The summed E-state index contributed by atoms with van der Waals surface area (Å²) in [7, 11) is 0. The highest BCUT2D eigenvalue weighted by atomic mass is 35.5. The molecular formula is C17H13Cl2N5O. The fourth-order valence-corrected chi connectivity index (χ4v) is 2.84.